The van der Waals surface area contributed by atoms with E-state index in [1.165, 1.54) is 14.0 Å². The van der Waals surface area contributed by atoms with Gasteiger partial charge in [0.1, 0.15) is 12.6 Å². The van der Waals surface area contributed by atoms with Crippen LogP contribution in [0.15, 0.2) is 18.2 Å². The van der Waals surface area contributed by atoms with Gasteiger partial charge < -0.3 is 4.74 Å². The molecule has 21 heavy (non-hydrogen) atoms. The molecule has 9 heteroatoms. The molecule has 0 spiro atoms. The molecular weight excluding hydrogens is 339 g/mol. The van der Waals surface area contributed by atoms with E-state index < -0.39 is 22.2 Å². The SMILES string of the molecule is C[C@H]1C(=O)N(C)S(=O)(=O)N1CCOc1c(Cl)cccc1Cl. The van der Waals surface area contributed by atoms with Crippen molar-refractivity contribution in [3.8, 4) is 5.75 Å². The van der Waals surface area contributed by atoms with Crippen LogP contribution in [0.2, 0.25) is 10.0 Å². The summed E-state index contributed by atoms with van der Waals surface area (Å²) >= 11 is 11.9. The lowest BCUT2D eigenvalue weighted by Gasteiger charge is -2.18. The van der Waals surface area contributed by atoms with Crippen LogP contribution >= 0.6 is 23.2 Å². The molecule has 0 N–H and O–H groups in total. The Bertz CT molecular complexity index is 645. The van der Waals surface area contributed by atoms with E-state index >= 15 is 0 Å². The zero-order valence-corrected chi connectivity index (χ0v) is 13.7. The zero-order chi connectivity index (χ0) is 15.8. The summed E-state index contributed by atoms with van der Waals surface area (Å²) in [4.78, 5) is 11.7. The van der Waals surface area contributed by atoms with Crippen LogP contribution in [-0.2, 0) is 15.0 Å². The van der Waals surface area contributed by atoms with Crippen LogP contribution in [0.5, 0.6) is 5.75 Å². The first-order valence-corrected chi connectivity index (χ1v) is 8.28. The molecule has 0 radical (unpaired) electrons. The monoisotopic (exact) mass is 352 g/mol. The van der Waals surface area contributed by atoms with Crippen LogP contribution in [0, 0.1) is 0 Å². The molecule has 0 bridgehead atoms. The van der Waals surface area contributed by atoms with Gasteiger partial charge in [-0.3, -0.25) is 4.79 Å². The Morgan fingerprint density at radius 3 is 2.33 bits per heavy atom. The summed E-state index contributed by atoms with van der Waals surface area (Å²) in [5.74, 6) is -0.171. The second-order valence-electron chi connectivity index (χ2n) is 4.50. The van der Waals surface area contributed by atoms with Gasteiger partial charge in [0, 0.05) is 7.05 Å². The van der Waals surface area contributed by atoms with Crippen molar-refractivity contribution in [1.29, 1.82) is 0 Å². The molecule has 116 valence electrons. The van der Waals surface area contributed by atoms with Crippen molar-refractivity contribution in [2.75, 3.05) is 20.2 Å². The summed E-state index contributed by atoms with van der Waals surface area (Å²) in [6.07, 6.45) is 0. The molecule has 2 rings (SSSR count). The summed E-state index contributed by atoms with van der Waals surface area (Å²) in [5, 5.41) is 0.682. The predicted octanol–water partition coefficient (Wildman–Crippen LogP) is 1.78. The number of rotatable bonds is 4. The number of amides is 1. The van der Waals surface area contributed by atoms with Crippen molar-refractivity contribution in [3.63, 3.8) is 0 Å². The molecule has 1 aliphatic rings. The van der Waals surface area contributed by atoms with Gasteiger partial charge in [0.05, 0.1) is 16.6 Å². The van der Waals surface area contributed by atoms with E-state index in [0.717, 1.165) is 8.61 Å². The van der Waals surface area contributed by atoms with E-state index in [4.69, 9.17) is 27.9 Å². The summed E-state index contributed by atoms with van der Waals surface area (Å²) in [5.41, 5.74) is 0. The van der Waals surface area contributed by atoms with Gasteiger partial charge in [0.15, 0.2) is 5.75 Å². The molecule has 0 aromatic heterocycles. The van der Waals surface area contributed by atoms with E-state index in [-0.39, 0.29) is 13.2 Å². The van der Waals surface area contributed by atoms with Gasteiger partial charge in [-0.25, -0.2) is 4.31 Å². The minimum atomic E-state index is -3.77. The predicted molar refractivity (Wildman–Crippen MR) is 79.8 cm³/mol. The van der Waals surface area contributed by atoms with Gasteiger partial charge in [-0.2, -0.15) is 12.7 Å². The highest BCUT2D eigenvalue weighted by atomic mass is 35.5. The van der Waals surface area contributed by atoms with Crippen molar-refractivity contribution in [3.05, 3.63) is 28.2 Å². The Labute approximate surface area is 133 Å². The van der Waals surface area contributed by atoms with Crippen molar-refractivity contribution in [2.24, 2.45) is 0 Å². The lowest BCUT2D eigenvalue weighted by Crippen LogP contribution is -2.37. The Balaban J connectivity index is 2.06. The van der Waals surface area contributed by atoms with E-state index in [2.05, 4.69) is 0 Å². The number of benzene rings is 1. The van der Waals surface area contributed by atoms with Crippen molar-refractivity contribution in [2.45, 2.75) is 13.0 Å². The Kier molecular flexibility index (Phi) is 4.67. The average molecular weight is 353 g/mol. The largest absolute Gasteiger partial charge is 0.489 e. The van der Waals surface area contributed by atoms with Crippen LogP contribution in [0.4, 0.5) is 0 Å². The number of carbonyl (C=O) groups is 1. The molecule has 1 aromatic carbocycles. The Morgan fingerprint density at radius 2 is 1.86 bits per heavy atom. The number of carbonyl (C=O) groups excluding carboxylic acids is 1. The molecule has 0 aliphatic carbocycles. The van der Waals surface area contributed by atoms with E-state index in [1.54, 1.807) is 18.2 Å². The van der Waals surface area contributed by atoms with Gasteiger partial charge in [-0.15, -0.1) is 0 Å². The first-order valence-electron chi connectivity index (χ1n) is 6.13. The average Bonchev–Trinajstić information content (AvgIpc) is 2.56. The van der Waals surface area contributed by atoms with Crippen LogP contribution in [0.3, 0.4) is 0 Å². The van der Waals surface area contributed by atoms with Gasteiger partial charge in [-0.1, -0.05) is 29.3 Å². The topological polar surface area (TPSA) is 66.9 Å². The zero-order valence-electron chi connectivity index (χ0n) is 11.4. The van der Waals surface area contributed by atoms with Gasteiger partial charge in [0.2, 0.25) is 0 Å². The third kappa shape index (κ3) is 2.96. The maximum atomic E-state index is 12.0. The lowest BCUT2D eigenvalue weighted by molar-refractivity contribution is -0.126. The highest BCUT2D eigenvalue weighted by molar-refractivity contribution is 7.87. The molecular formula is C12H14Cl2N2O4S. The molecule has 1 aromatic rings. The van der Waals surface area contributed by atoms with E-state index in [9.17, 15) is 13.2 Å². The first-order chi connectivity index (χ1) is 9.76. The fraction of sp³-hybridized carbons (Fsp3) is 0.417. The quantitative estimate of drug-likeness (QED) is 0.828. The normalized spacial score (nSPS) is 21.8. The molecule has 6 nitrogen and oxygen atoms in total. The van der Waals surface area contributed by atoms with Crippen LogP contribution in [-0.4, -0.2) is 49.2 Å². The summed E-state index contributed by atoms with van der Waals surface area (Å²) in [6.45, 7) is 1.60. The molecule has 0 unspecified atom stereocenters. The fourth-order valence-corrected chi connectivity index (χ4v) is 4.02. The first kappa shape index (κ1) is 16.4. The maximum absolute atomic E-state index is 12.0. The molecule has 1 atom stereocenters. The van der Waals surface area contributed by atoms with Gasteiger partial charge in [-0.05, 0) is 19.1 Å². The van der Waals surface area contributed by atoms with Crippen molar-refractivity contribution >= 4 is 39.3 Å². The number of nitrogens with zero attached hydrogens (tertiary/aromatic N) is 2. The number of ether oxygens (including phenoxy) is 1. The highest BCUT2D eigenvalue weighted by Crippen LogP contribution is 2.32. The molecule has 1 heterocycles. The van der Waals surface area contributed by atoms with Gasteiger partial charge in [0.25, 0.3) is 5.91 Å². The standard InChI is InChI=1S/C12H14Cl2N2O4S/c1-8-12(17)15(2)21(18,19)16(8)6-7-20-11-9(13)4-3-5-10(11)14/h3-5,8H,6-7H2,1-2H3/t8-/m0/s1. The maximum Gasteiger partial charge on any atom is 0.306 e. The number of hydrogen-bond acceptors (Lipinski definition) is 4. The third-order valence-electron chi connectivity index (χ3n) is 3.22. The smallest absolute Gasteiger partial charge is 0.306 e. The fourth-order valence-electron chi connectivity index (χ4n) is 2.02. The van der Waals surface area contributed by atoms with E-state index in [1.807, 2.05) is 0 Å². The Morgan fingerprint density at radius 1 is 1.29 bits per heavy atom. The Hall–Kier alpha value is -1.02. The molecule has 1 saturated heterocycles. The second kappa shape index (κ2) is 6.00. The number of likely N-dealkylation sites (N-methyl/N-ethyl adjacent to an activating group) is 1. The lowest BCUT2D eigenvalue weighted by atomic mass is 10.3. The van der Waals surface area contributed by atoms with Crippen LogP contribution in [0.1, 0.15) is 6.92 Å². The molecule has 1 fully saturated rings. The minimum Gasteiger partial charge on any atom is -0.489 e. The second-order valence-corrected chi connectivity index (χ2v) is 7.23. The molecule has 1 aliphatic heterocycles. The summed E-state index contributed by atoms with van der Waals surface area (Å²) in [6, 6.07) is 4.17. The number of halogens is 2. The summed E-state index contributed by atoms with van der Waals surface area (Å²) in [7, 11) is -2.53. The van der Waals surface area contributed by atoms with Gasteiger partial charge >= 0.3 is 10.2 Å². The van der Waals surface area contributed by atoms with E-state index in [0.29, 0.717) is 15.8 Å². The highest BCUT2D eigenvalue weighted by Gasteiger charge is 2.45. The van der Waals surface area contributed by atoms with Crippen molar-refractivity contribution < 1.29 is 17.9 Å². The third-order valence-corrected chi connectivity index (χ3v) is 5.78. The molecule has 1 amide bonds. The molecule has 0 saturated carbocycles. The van der Waals surface area contributed by atoms with Crippen LogP contribution in [0.25, 0.3) is 0 Å². The number of hydrogen-bond donors (Lipinski definition) is 0. The minimum absolute atomic E-state index is 0.0289. The van der Waals surface area contributed by atoms with Crippen LogP contribution < -0.4 is 4.74 Å². The summed E-state index contributed by atoms with van der Waals surface area (Å²) < 4.78 is 31.3. The number of para-hydroxylation sites is 1. The van der Waals surface area contributed by atoms with Crippen molar-refractivity contribution in [1.82, 2.24) is 8.61 Å².